The number of hydrogen-bond acceptors (Lipinski definition) is 2. The Morgan fingerprint density at radius 2 is 1.73 bits per heavy atom. The summed E-state index contributed by atoms with van der Waals surface area (Å²) in [6.45, 7) is 1.56. The van der Waals surface area contributed by atoms with E-state index in [0.29, 0.717) is 0 Å². The number of rotatable bonds is 1. The monoisotopic (exact) mass is 222 g/mol. The van der Waals surface area contributed by atoms with Gasteiger partial charge in [-0.15, -0.1) is 0 Å². The minimum absolute atomic E-state index is 0.250. The van der Waals surface area contributed by atoms with Gasteiger partial charge in [0.25, 0.3) is 0 Å². The molecule has 0 amide bonds. The zero-order valence-electron chi connectivity index (χ0n) is 8.25. The molecule has 2 N–H and O–H groups in total. The van der Waals surface area contributed by atoms with E-state index in [1.165, 1.54) is 12.1 Å². The Labute approximate surface area is 86.0 Å². The molecular formula is C10H13F3O2. The van der Waals surface area contributed by atoms with Gasteiger partial charge in [0.05, 0.1) is 12.2 Å². The van der Waals surface area contributed by atoms with Crippen molar-refractivity contribution in [2.24, 2.45) is 0 Å². The molecule has 1 aromatic carbocycles. The molecule has 0 bridgehead atoms. The maximum Gasteiger partial charge on any atom is 0.416 e. The van der Waals surface area contributed by atoms with Crippen molar-refractivity contribution in [3.05, 3.63) is 35.4 Å². The summed E-state index contributed by atoms with van der Waals surface area (Å²) in [5.41, 5.74) is -0.459. The Morgan fingerprint density at radius 1 is 1.20 bits per heavy atom. The van der Waals surface area contributed by atoms with Crippen molar-refractivity contribution < 1.29 is 23.4 Å². The molecule has 0 aliphatic carbocycles. The molecule has 0 unspecified atom stereocenters. The van der Waals surface area contributed by atoms with Gasteiger partial charge in [-0.3, -0.25) is 0 Å². The van der Waals surface area contributed by atoms with Crippen molar-refractivity contribution in [3.63, 3.8) is 0 Å². The van der Waals surface area contributed by atoms with Crippen molar-refractivity contribution in [1.82, 2.24) is 0 Å². The van der Waals surface area contributed by atoms with Gasteiger partial charge in [-0.25, -0.2) is 0 Å². The third-order valence-electron chi connectivity index (χ3n) is 1.44. The molecule has 2 nitrogen and oxygen atoms in total. The fraction of sp³-hybridized carbons (Fsp3) is 0.400. The number of aliphatic hydroxyl groups is 2. The molecule has 0 atom stereocenters. The predicted octanol–water partition coefficient (Wildman–Crippen LogP) is 2.20. The summed E-state index contributed by atoms with van der Waals surface area (Å²) in [5.74, 6) is 0. The second-order valence-electron chi connectivity index (χ2n) is 2.67. The van der Waals surface area contributed by atoms with Crippen LogP contribution in [-0.4, -0.2) is 16.8 Å². The van der Waals surface area contributed by atoms with Crippen LogP contribution in [0.4, 0.5) is 13.2 Å². The van der Waals surface area contributed by atoms with E-state index in [0.717, 1.165) is 12.1 Å². The highest BCUT2D eigenvalue weighted by Gasteiger charge is 2.30. The molecule has 0 saturated heterocycles. The van der Waals surface area contributed by atoms with E-state index in [-0.39, 0.29) is 18.8 Å². The zero-order valence-corrected chi connectivity index (χ0v) is 8.25. The van der Waals surface area contributed by atoms with Crippen LogP contribution in [0.1, 0.15) is 18.1 Å². The van der Waals surface area contributed by atoms with Crippen LogP contribution >= 0.6 is 0 Å². The molecule has 0 heterocycles. The largest absolute Gasteiger partial charge is 0.416 e. The minimum atomic E-state index is -4.33. The highest BCUT2D eigenvalue weighted by Crippen LogP contribution is 2.29. The van der Waals surface area contributed by atoms with Crippen molar-refractivity contribution in [1.29, 1.82) is 0 Å². The Hall–Kier alpha value is -1.07. The Bertz CT molecular complexity index is 284. The summed E-state index contributed by atoms with van der Waals surface area (Å²) in [7, 11) is 0. The van der Waals surface area contributed by atoms with Gasteiger partial charge >= 0.3 is 6.18 Å². The lowest BCUT2D eigenvalue weighted by atomic mass is 10.1. The van der Waals surface area contributed by atoms with E-state index in [1.54, 1.807) is 6.92 Å². The van der Waals surface area contributed by atoms with Gasteiger partial charge < -0.3 is 10.2 Å². The predicted molar refractivity (Wildman–Crippen MR) is 50.1 cm³/mol. The SMILES string of the molecule is CCO.OCc1cccc(C(F)(F)F)c1. The summed E-state index contributed by atoms with van der Waals surface area (Å²) >= 11 is 0. The fourth-order valence-electron chi connectivity index (χ4n) is 0.846. The van der Waals surface area contributed by atoms with Crippen LogP contribution in [0.5, 0.6) is 0 Å². The minimum Gasteiger partial charge on any atom is -0.397 e. The molecule has 1 rings (SSSR count). The summed E-state index contributed by atoms with van der Waals surface area (Å²) in [4.78, 5) is 0. The highest BCUT2D eigenvalue weighted by molar-refractivity contribution is 5.24. The van der Waals surface area contributed by atoms with Gasteiger partial charge in [0, 0.05) is 6.61 Å². The van der Waals surface area contributed by atoms with Crippen molar-refractivity contribution in [2.45, 2.75) is 19.7 Å². The molecule has 0 fully saturated rings. The topological polar surface area (TPSA) is 40.5 Å². The summed E-state index contributed by atoms with van der Waals surface area (Å²) in [6.07, 6.45) is -4.33. The lowest BCUT2D eigenvalue weighted by Gasteiger charge is -2.06. The Kier molecular flexibility index (Phi) is 5.96. The maximum atomic E-state index is 12.0. The first-order chi connectivity index (χ1) is 6.95. The first-order valence-electron chi connectivity index (χ1n) is 4.33. The zero-order chi connectivity index (χ0) is 11.9. The van der Waals surface area contributed by atoms with E-state index < -0.39 is 11.7 Å². The summed E-state index contributed by atoms with van der Waals surface area (Å²) in [6, 6.07) is 4.61. The van der Waals surface area contributed by atoms with Crippen molar-refractivity contribution >= 4 is 0 Å². The van der Waals surface area contributed by atoms with Crippen LogP contribution in [-0.2, 0) is 12.8 Å². The van der Waals surface area contributed by atoms with Crippen LogP contribution in [0.25, 0.3) is 0 Å². The van der Waals surface area contributed by atoms with Crippen LogP contribution in [0.15, 0.2) is 24.3 Å². The molecule has 0 aromatic heterocycles. The fourth-order valence-corrected chi connectivity index (χ4v) is 0.846. The van der Waals surface area contributed by atoms with Crippen molar-refractivity contribution in [3.8, 4) is 0 Å². The third kappa shape index (κ3) is 5.39. The van der Waals surface area contributed by atoms with E-state index >= 15 is 0 Å². The van der Waals surface area contributed by atoms with Crippen LogP contribution in [0.2, 0.25) is 0 Å². The lowest BCUT2D eigenvalue weighted by molar-refractivity contribution is -0.137. The molecule has 5 heteroatoms. The summed E-state index contributed by atoms with van der Waals surface area (Å²) < 4.78 is 36.1. The van der Waals surface area contributed by atoms with Crippen molar-refractivity contribution in [2.75, 3.05) is 6.61 Å². The molecule has 86 valence electrons. The number of aliphatic hydroxyl groups excluding tert-OH is 2. The Morgan fingerprint density at radius 3 is 2.13 bits per heavy atom. The average molecular weight is 222 g/mol. The molecule has 0 aliphatic rings. The average Bonchev–Trinajstić information content (AvgIpc) is 2.18. The van der Waals surface area contributed by atoms with E-state index in [4.69, 9.17) is 10.2 Å². The molecule has 1 aromatic rings. The van der Waals surface area contributed by atoms with E-state index in [2.05, 4.69) is 0 Å². The van der Waals surface area contributed by atoms with Crippen LogP contribution < -0.4 is 0 Å². The molecule has 0 radical (unpaired) electrons. The quantitative estimate of drug-likeness (QED) is 0.764. The van der Waals surface area contributed by atoms with Gasteiger partial charge in [0.15, 0.2) is 0 Å². The first-order valence-corrected chi connectivity index (χ1v) is 4.33. The second-order valence-corrected chi connectivity index (χ2v) is 2.67. The van der Waals surface area contributed by atoms with E-state index in [1.807, 2.05) is 0 Å². The smallest absolute Gasteiger partial charge is 0.397 e. The molecule has 0 aliphatic heterocycles. The number of benzene rings is 1. The summed E-state index contributed by atoms with van der Waals surface area (Å²) in [5, 5.41) is 16.1. The lowest BCUT2D eigenvalue weighted by Crippen LogP contribution is -2.05. The molecule has 15 heavy (non-hydrogen) atoms. The number of alkyl halides is 3. The Balaban J connectivity index is 0.000000583. The molecular weight excluding hydrogens is 209 g/mol. The highest BCUT2D eigenvalue weighted by atomic mass is 19.4. The van der Waals surface area contributed by atoms with E-state index in [9.17, 15) is 13.2 Å². The van der Waals surface area contributed by atoms with Crippen LogP contribution in [0, 0.1) is 0 Å². The maximum absolute atomic E-state index is 12.0. The van der Waals surface area contributed by atoms with Gasteiger partial charge in [-0.1, -0.05) is 12.1 Å². The standard InChI is InChI=1S/C8H7F3O.C2H6O/c9-8(10,11)7-3-1-2-6(4-7)5-12;1-2-3/h1-4,12H,5H2;3H,2H2,1H3. The number of hydrogen-bond donors (Lipinski definition) is 2. The number of halogens is 3. The molecule has 0 saturated carbocycles. The first kappa shape index (κ1) is 13.9. The van der Waals surface area contributed by atoms with Crippen LogP contribution in [0.3, 0.4) is 0 Å². The second kappa shape index (κ2) is 6.42. The van der Waals surface area contributed by atoms with Gasteiger partial charge in [0.2, 0.25) is 0 Å². The molecule has 0 spiro atoms. The third-order valence-corrected chi connectivity index (χ3v) is 1.44. The normalized spacial score (nSPS) is 10.5. The van der Waals surface area contributed by atoms with Gasteiger partial charge in [-0.2, -0.15) is 13.2 Å². The van der Waals surface area contributed by atoms with Gasteiger partial charge in [-0.05, 0) is 24.6 Å². The van der Waals surface area contributed by atoms with Gasteiger partial charge in [0.1, 0.15) is 0 Å².